The Morgan fingerprint density at radius 2 is 2.20 bits per heavy atom. The summed E-state index contributed by atoms with van der Waals surface area (Å²) in [6.07, 6.45) is 3.04. The second-order valence-corrected chi connectivity index (χ2v) is 7.05. The van der Waals surface area contributed by atoms with Crippen LogP contribution in [0, 0.1) is 5.82 Å². The lowest BCUT2D eigenvalue weighted by Gasteiger charge is -2.18. The molecular formula is C22H28FN5O2. The van der Waals surface area contributed by atoms with Crippen LogP contribution in [0.1, 0.15) is 32.3 Å². The fourth-order valence-electron chi connectivity index (χ4n) is 3.28. The van der Waals surface area contributed by atoms with Gasteiger partial charge < -0.3 is 20.3 Å². The maximum Gasteiger partial charge on any atom is 0.224 e. The number of nitrogens with zero attached hydrogens (tertiary/aromatic N) is 3. The number of aliphatic imine (C=N–C) groups is 1. The molecule has 2 N–H and O–H groups in total. The highest BCUT2D eigenvalue weighted by Gasteiger charge is 2.25. The minimum Gasteiger partial charge on any atom is -0.439 e. The average Bonchev–Trinajstić information content (AvgIpc) is 3.21. The number of pyridine rings is 1. The second-order valence-electron chi connectivity index (χ2n) is 7.05. The monoisotopic (exact) mass is 413 g/mol. The molecular weight excluding hydrogens is 385 g/mol. The quantitative estimate of drug-likeness (QED) is 0.539. The van der Waals surface area contributed by atoms with E-state index in [2.05, 4.69) is 20.6 Å². The lowest BCUT2D eigenvalue weighted by molar-refractivity contribution is -0.129. The number of nitrogens with one attached hydrogen (secondary N) is 2. The van der Waals surface area contributed by atoms with Gasteiger partial charge in [-0.2, -0.15) is 0 Å². The van der Waals surface area contributed by atoms with Crippen LogP contribution in [0.5, 0.6) is 11.6 Å². The SMILES string of the molecule is CCNC(=NCc1cccnc1Oc1cccc(F)c1)NC1CCN(C(=O)CC)C1. The maximum atomic E-state index is 13.4. The van der Waals surface area contributed by atoms with Crippen molar-refractivity contribution in [2.45, 2.75) is 39.3 Å². The molecule has 1 fully saturated rings. The third-order valence-electron chi connectivity index (χ3n) is 4.80. The van der Waals surface area contributed by atoms with Crippen LogP contribution in [0.4, 0.5) is 4.39 Å². The van der Waals surface area contributed by atoms with Gasteiger partial charge in [0, 0.05) is 49.9 Å². The zero-order chi connectivity index (χ0) is 21.3. The molecule has 0 spiro atoms. The number of rotatable bonds is 7. The number of likely N-dealkylation sites (tertiary alicyclic amines) is 1. The summed E-state index contributed by atoms with van der Waals surface area (Å²) in [5.74, 6) is 1.26. The number of aromatic nitrogens is 1. The van der Waals surface area contributed by atoms with Gasteiger partial charge in [0.25, 0.3) is 0 Å². The zero-order valence-electron chi connectivity index (χ0n) is 17.4. The summed E-state index contributed by atoms with van der Waals surface area (Å²) < 4.78 is 19.2. The fourth-order valence-corrected chi connectivity index (χ4v) is 3.28. The minimum absolute atomic E-state index is 0.162. The molecule has 30 heavy (non-hydrogen) atoms. The zero-order valence-corrected chi connectivity index (χ0v) is 17.4. The Labute approximate surface area is 176 Å². The van der Waals surface area contributed by atoms with E-state index in [9.17, 15) is 9.18 Å². The van der Waals surface area contributed by atoms with Gasteiger partial charge in [0.05, 0.1) is 6.54 Å². The van der Waals surface area contributed by atoms with Crippen LogP contribution in [0.25, 0.3) is 0 Å². The number of carbonyl (C=O) groups excluding carboxylic acids is 1. The Morgan fingerprint density at radius 1 is 1.33 bits per heavy atom. The molecule has 1 aromatic heterocycles. The van der Waals surface area contributed by atoms with Crippen molar-refractivity contribution >= 4 is 11.9 Å². The maximum absolute atomic E-state index is 13.4. The third-order valence-corrected chi connectivity index (χ3v) is 4.80. The van der Waals surface area contributed by atoms with E-state index in [0.717, 1.165) is 25.1 Å². The average molecular weight is 413 g/mol. The Balaban J connectivity index is 1.67. The first-order valence-electron chi connectivity index (χ1n) is 10.3. The number of ether oxygens (including phenoxy) is 1. The number of halogens is 1. The van der Waals surface area contributed by atoms with E-state index >= 15 is 0 Å². The topological polar surface area (TPSA) is 78.9 Å². The van der Waals surface area contributed by atoms with Crippen LogP contribution in [-0.4, -0.2) is 47.4 Å². The highest BCUT2D eigenvalue weighted by molar-refractivity contribution is 5.80. The van der Waals surface area contributed by atoms with Gasteiger partial charge in [-0.1, -0.05) is 19.1 Å². The number of hydrogen-bond acceptors (Lipinski definition) is 4. The van der Waals surface area contributed by atoms with Gasteiger partial charge in [0.15, 0.2) is 5.96 Å². The molecule has 1 saturated heterocycles. The fraction of sp³-hybridized carbons (Fsp3) is 0.409. The van der Waals surface area contributed by atoms with Crippen molar-refractivity contribution in [3.63, 3.8) is 0 Å². The molecule has 160 valence electrons. The number of benzene rings is 1. The van der Waals surface area contributed by atoms with Crippen LogP contribution >= 0.6 is 0 Å². The highest BCUT2D eigenvalue weighted by atomic mass is 19.1. The van der Waals surface area contributed by atoms with Gasteiger partial charge in [-0.25, -0.2) is 14.4 Å². The highest BCUT2D eigenvalue weighted by Crippen LogP contribution is 2.24. The van der Waals surface area contributed by atoms with Crippen molar-refractivity contribution in [2.24, 2.45) is 4.99 Å². The van der Waals surface area contributed by atoms with Gasteiger partial charge in [-0.05, 0) is 31.5 Å². The lowest BCUT2D eigenvalue weighted by atomic mass is 10.2. The molecule has 1 aliphatic heterocycles. The molecule has 2 heterocycles. The summed E-state index contributed by atoms with van der Waals surface area (Å²) in [7, 11) is 0. The largest absolute Gasteiger partial charge is 0.439 e. The molecule has 1 aliphatic rings. The van der Waals surface area contributed by atoms with E-state index in [1.54, 1.807) is 18.3 Å². The molecule has 8 heteroatoms. The smallest absolute Gasteiger partial charge is 0.224 e. The van der Waals surface area contributed by atoms with Crippen molar-refractivity contribution in [3.05, 3.63) is 54.0 Å². The standard InChI is InChI=1S/C22H28FN5O2/c1-3-20(29)28-12-10-18(15-28)27-22(24-4-2)26-14-16-7-6-11-25-21(16)30-19-9-5-8-17(23)13-19/h5-9,11,13,18H,3-4,10,12,14-15H2,1-2H3,(H2,24,26,27). The van der Waals surface area contributed by atoms with Crippen molar-refractivity contribution < 1.29 is 13.9 Å². The summed E-state index contributed by atoms with van der Waals surface area (Å²) in [5, 5.41) is 6.65. The van der Waals surface area contributed by atoms with Crippen LogP contribution in [-0.2, 0) is 11.3 Å². The van der Waals surface area contributed by atoms with Crippen molar-refractivity contribution in [1.82, 2.24) is 20.5 Å². The number of amides is 1. The molecule has 7 nitrogen and oxygen atoms in total. The van der Waals surface area contributed by atoms with E-state index < -0.39 is 0 Å². The van der Waals surface area contributed by atoms with Crippen molar-refractivity contribution in [2.75, 3.05) is 19.6 Å². The first-order chi connectivity index (χ1) is 14.6. The Bertz CT molecular complexity index is 889. The van der Waals surface area contributed by atoms with E-state index in [-0.39, 0.29) is 17.8 Å². The van der Waals surface area contributed by atoms with Gasteiger partial charge in [-0.15, -0.1) is 0 Å². The van der Waals surface area contributed by atoms with Crippen LogP contribution in [0.15, 0.2) is 47.6 Å². The molecule has 0 aliphatic carbocycles. The molecule has 2 aromatic rings. The molecule has 3 rings (SSSR count). The van der Waals surface area contributed by atoms with E-state index in [1.165, 1.54) is 12.1 Å². The molecule has 1 atom stereocenters. The first kappa shape index (κ1) is 21.5. The van der Waals surface area contributed by atoms with Gasteiger partial charge in [-0.3, -0.25) is 4.79 Å². The molecule has 1 aromatic carbocycles. The minimum atomic E-state index is -0.367. The summed E-state index contributed by atoms with van der Waals surface area (Å²) in [4.78, 5) is 22.7. The van der Waals surface area contributed by atoms with Gasteiger partial charge in [0.2, 0.25) is 11.8 Å². The number of hydrogen-bond donors (Lipinski definition) is 2. The van der Waals surface area contributed by atoms with Crippen LogP contribution in [0.3, 0.4) is 0 Å². The van der Waals surface area contributed by atoms with Crippen molar-refractivity contribution in [1.29, 1.82) is 0 Å². The Kier molecular flexibility index (Phi) is 7.59. The predicted octanol–water partition coefficient (Wildman–Crippen LogP) is 3.08. The number of carbonyl (C=O) groups is 1. The molecule has 0 radical (unpaired) electrons. The summed E-state index contributed by atoms with van der Waals surface area (Å²) in [5.41, 5.74) is 0.785. The first-order valence-corrected chi connectivity index (χ1v) is 10.3. The summed E-state index contributed by atoms with van der Waals surface area (Å²) in [6.45, 7) is 6.39. The normalized spacial score (nSPS) is 16.4. The van der Waals surface area contributed by atoms with Crippen LogP contribution in [0.2, 0.25) is 0 Å². The lowest BCUT2D eigenvalue weighted by Crippen LogP contribution is -2.45. The Hall–Kier alpha value is -3.16. The molecule has 0 bridgehead atoms. The number of guanidine groups is 1. The predicted molar refractivity (Wildman–Crippen MR) is 114 cm³/mol. The summed E-state index contributed by atoms with van der Waals surface area (Å²) >= 11 is 0. The van der Waals surface area contributed by atoms with E-state index in [0.29, 0.717) is 37.1 Å². The molecule has 0 saturated carbocycles. The van der Waals surface area contributed by atoms with Gasteiger partial charge >= 0.3 is 0 Å². The third kappa shape index (κ3) is 5.92. The van der Waals surface area contributed by atoms with Gasteiger partial charge in [0.1, 0.15) is 11.6 Å². The second kappa shape index (κ2) is 10.6. The Morgan fingerprint density at radius 3 is 2.97 bits per heavy atom. The molecule has 1 unspecified atom stereocenters. The molecule has 1 amide bonds. The summed E-state index contributed by atoms with van der Waals surface area (Å²) in [6, 6.07) is 9.81. The van der Waals surface area contributed by atoms with Crippen molar-refractivity contribution in [3.8, 4) is 11.6 Å². The van der Waals surface area contributed by atoms with E-state index in [4.69, 9.17) is 4.74 Å². The van der Waals surface area contributed by atoms with Crippen LogP contribution < -0.4 is 15.4 Å². The van der Waals surface area contributed by atoms with E-state index in [1.807, 2.05) is 30.9 Å².